The number of aryl methyl sites for hydroxylation is 1. The molecule has 188 valence electrons. The van der Waals surface area contributed by atoms with E-state index in [2.05, 4.69) is 5.32 Å². The zero-order valence-corrected chi connectivity index (χ0v) is 21.7. The van der Waals surface area contributed by atoms with Crippen molar-refractivity contribution in [2.24, 2.45) is 0 Å². The maximum absolute atomic E-state index is 13.8. The van der Waals surface area contributed by atoms with Gasteiger partial charge in [0.25, 0.3) is 0 Å². The predicted molar refractivity (Wildman–Crippen MR) is 146 cm³/mol. The highest BCUT2D eigenvalue weighted by atomic mass is 35.5. The highest BCUT2D eigenvalue weighted by Gasteiger charge is 2.32. The fourth-order valence-electron chi connectivity index (χ4n) is 4.91. The van der Waals surface area contributed by atoms with Crippen molar-refractivity contribution >= 4 is 23.4 Å². The van der Waals surface area contributed by atoms with Crippen LogP contribution in [0.25, 0.3) is 0 Å². The number of carbonyl (C=O) groups excluding carboxylic acids is 2. The SMILES string of the molecule is Cc1ccc(CC(=O)N(Cc2cccc(Cl)c2)C(Cc2ccccc2)C(=O)NC2CCCCC2)cc1. The van der Waals surface area contributed by atoms with Crippen LogP contribution in [0.5, 0.6) is 0 Å². The molecule has 0 aromatic heterocycles. The number of benzene rings is 3. The lowest BCUT2D eigenvalue weighted by Gasteiger charge is -2.33. The van der Waals surface area contributed by atoms with Gasteiger partial charge in [-0.05, 0) is 48.6 Å². The lowest BCUT2D eigenvalue weighted by atomic mass is 9.94. The van der Waals surface area contributed by atoms with Gasteiger partial charge in [-0.3, -0.25) is 9.59 Å². The lowest BCUT2D eigenvalue weighted by molar-refractivity contribution is -0.141. The zero-order chi connectivity index (χ0) is 25.3. The first kappa shape index (κ1) is 26.0. The van der Waals surface area contributed by atoms with Crippen LogP contribution in [0.1, 0.15) is 54.4 Å². The summed E-state index contributed by atoms with van der Waals surface area (Å²) in [6, 6.07) is 25.0. The topological polar surface area (TPSA) is 49.4 Å². The van der Waals surface area contributed by atoms with E-state index >= 15 is 0 Å². The molecule has 0 heterocycles. The van der Waals surface area contributed by atoms with Crippen LogP contribution in [0.2, 0.25) is 5.02 Å². The molecule has 1 N–H and O–H groups in total. The Morgan fingerprint density at radius 1 is 0.889 bits per heavy atom. The lowest BCUT2D eigenvalue weighted by Crippen LogP contribution is -2.53. The predicted octanol–water partition coefficient (Wildman–Crippen LogP) is 6.28. The van der Waals surface area contributed by atoms with Crippen LogP contribution in [0.3, 0.4) is 0 Å². The molecule has 0 spiro atoms. The zero-order valence-electron chi connectivity index (χ0n) is 21.0. The molecular formula is C31H35ClN2O2. The summed E-state index contributed by atoms with van der Waals surface area (Å²) in [6.07, 6.45) is 6.17. The van der Waals surface area contributed by atoms with Crippen molar-refractivity contribution in [2.75, 3.05) is 0 Å². The average molecular weight is 503 g/mol. The van der Waals surface area contributed by atoms with Crippen molar-refractivity contribution < 1.29 is 9.59 Å². The van der Waals surface area contributed by atoms with Gasteiger partial charge in [0, 0.05) is 24.0 Å². The Morgan fingerprint density at radius 2 is 1.58 bits per heavy atom. The summed E-state index contributed by atoms with van der Waals surface area (Å²) in [4.78, 5) is 29.4. The van der Waals surface area contributed by atoms with Crippen molar-refractivity contribution in [3.05, 3.63) is 106 Å². The summed E-state index contributed by atoms with van der Waals surface area (Å²) in [7, 11) is 0. The molecule has 1 atom stereocenters. The Labute approximate surface area is 219 Å². The fourth-order valence-corrected chi connectivity index (χ4v) is 5.13. The van der Waals surface area contributed by atoms with E-state index in [1.807, 2.05) is 85.8 Å². The minimum Gasteiger partial charge on any atom is -0.352 e. The summed E-state index contributed by atoms with van der Waals surface area (Å²) in [5, 5.41) is 3.90. The van der Waals surface area contributed by atoms with Crippen LogP contribution in [0.15, 0.2) is 78.9 Å². The Kier molecular flexibility index (Phi) is 9.18. The van der Waals surface area contributed by atoms with E-state index in [0.29, 0.717) is 18.0 Å². The van der Waals surface area contributed by atoms with Gasteiger partial charge in [0.05, 0.1) is 6.42 Å². The summed E-state index contributed by atoms with van der Waals surface area (Å²) in [6.45, 7) is 2.35. The van der Waals surface area contributed by atoms with Crippen molar-refractivity contribution in [3.8, 4) is 0 Å². The number of halogens is 1. The quantitative estimate of drug-likeness (QED) is 0.374. The number of amides is 2. The molecule has 0 saturated heterocycles. The minimum atomic E-state index is -0.619. The molecule has 1 aliphatic rings. The molecule has 4 nitrogen and oxygen atoms in total. The van der Waals surface area contributed by atoms with E-state index in [0.717, 1.165) is 47.9 Å². The van der Waals surface area contributed by atoms with Crippen LogP contribution in [0.4, 0.5) is 0 Å². The van der Waals surface area contributed by atoms with Crippen LogP contribution >= 0.6 is 11.6 Å². The summed E-state index contributed by atoms with van der Waals surface area (Å²) in [5.74, 6) is -0.149. The molecule has 36 heavy (non-hydrogen) atoms. The Bertz CT molecular complexity index is 1140. The molecule has 1 fully saturated rings. The van der Waals surface area contributed by atoms with E-state index < -0.39 is 6.04 Å². The number of nitrogens with zero attached hydrogens (tertiary/aromatic N) is 1. The summed E-state index contributed by atoms with van der Waals surface area (Å²) < 4.78 is 0. The molecule has 0 radical (unpaired) electrons. The van der Waals surface area contributed by atoms with Gasteiger partial charge < -0.3 is 10.2 Å². The first-order valence-corrected chi connectivity index (χ1v) is 13.3. The van der Waals surface area contributed by atoms with E-state index in [1.165, 1.54) is 6.42 Å². The van der Waals surface area contributed by atoms with Crippen LogP contribution < -0.4 is 5.32 Å². The highest BCUT2D eigenvalue weighted by molar-refractivity contribution is 6.30. The van der Waals surface area contributed by atoms with E-state index in [9.17, 15) is 9.59 Å². The number of hydrogen-bond acceptors (Lipinski definition) is 2. The van der Waals surface area contributed by atoms with Gasteiger partial charge in [0.1, 0.15) is 6.04 Å². The summed E-state index contributed by atoms with van der Waals surface area (Å²) >= 11 is 6.27. The van der Waals surface area contributed by atoms with Crippen molar-refractivity contribution in [1.29, 1.82) is 0 Å². The second kappa shape index (κ2) is 12.7. The summed E-state index contributed by atoms with van der Waals surface area (Å²) in [5.41, 5.74) is 4.02. The molecule has 4 rings (SSSR count). The van der Waals surface area contributed by atoms with Gasteiger partial charge in [0.15, 0.2) is 0 Å². The van der Waals surface area contributed by atoms with E-state index in [4.69, 9.17) is 11.6 Å². The van der Waals surface area contributed by atoms with E-state index in [-0.39, 0.29) is 24.3 Å². The first-order valence-electron chi connectivity index (χ1n) is 12.9. The average Bonchev–Trinajstić information content (AvgIpc) is 2.88. The molecule has 3 aromatic carbocycles. The smallest absolute Gasteiger partial charge is 0.243 e. The van der Waals surface area contributed by atoms with Crippen LogP contribution in [-0.2, 0) is 29.0 Å². The third kappa shape index (κ3) is 7.44. The Balaban J connectivity index is 1.65. The molecule has 1 aliphatic carbocycles. The molecule has 0 aliphatic heterocycles. The monoisotopic (exact) mass is 502 g/mol. The second-order valence-corrected chi connectivity index (χ2v) is 10.3. The van der Waals surface area contributed by atoms with Gasteiger partial charge >= 0.3 is 0 Å². The molecule has 0 bridgehead atoms. The van der Waals surface area contributed by atoms with Crippen molar-refractivity contribution in [1.82, 2.24) is 10.2 Å². The molecule has 5 heteroatoms. The van der Waals surface area contributed by atoms with Crippen LogP contribution in [-0.4, -0.2) is 28.8 Å². The van der Waals surface area contributed by atoms with Crippen molar-refractivity contribution in [2.45, 2.75) is 70.5 Å². The van der Waals surface area contributed by atoms with Gasteiger partial charge in [-0.25, -0.2) is 0 Å². The molecular weight excluding hydrogens is 468 g/mol. The third-order valence-corrected chi connectivity index (χ3v) is 7.18. The Hall–Kier alpha value is -3.11. The number of nitrogens with one attached hydrogen (secondary N) is 1. The maximum Gasteiger partial charge on any atom is 0.243 e. The minimum absolute atomic E-state index is 0.0708. The van der Waals surface area contributed by atoms with Crippen molar-refractivity contribution in [3.63, 3.8) is 0 Å². The van der Waals surface area contributed by atoms with Gasteiger partial charge in [-0.2, -0.15) is 0 Å². The standard InChI is InChI=1S/C31H35ClN2O2/c1-23-15-17-25(18-16-23)21-30(35)34(22-26-11-8-12-27(32)19-26)29(20-24-9-4-2-5-10-24)31(36)33-28-13-6-3-7-14-28/h2,4-5,8-12,15-19,28-29H,3,6-7,13-14,20-22H2,1H3,(H,33,36). The second-order valence-electron chi connectivity index (χ2n) is 9.86. The maximum atomic E-state index is 13.8. The number of carbonyl (C=O) groups is 2. The Morgan fingerprint density at radius 3 is 2.28 bits per heavy atom. The van der Waals surface area contributed by atoms with Gasteiger partial charge in [-0.1, -0.05) is 103 Å². The molecule has 3 aromatic rings. The van der Waals surface area contributed by atoms with Gasteiger partial charge in [0.2, 0.25) is 11.8 Å². The van der Waals surface area contributed by atoms with Gasteiger partial charge in [-0.15, -0.1) is 0 Å². The number of rotatable bonds is 9. The van der Waals surface area contributed by atoms with Crippen LogP contribution in [0, 0.1) is 6.92 Å². The third-order valence-electron chi connectivity index (χ3n) is 6.94. The first-order chi connectivity index (χ1) is 17.5. The molecule has 2 amide bonds. The highest BCUT2D eigenvalue weighted by Crippen LogP contribution is 2.21. The molecule has 1 saturated carbocycles. The largest absolute Gasteiger partial charge is 0.352 e. The van der Waals surface area contributed by atoms with E-state index in [1.54, 1.807) is 4.90 Å². The normalized spacial score (nSPS) is 14.7. The molecule has 1 unspecified atom stereocenters. The fraction of sp³-hybridized carbons (Fsp3) is 0.355. The number of hydrogen-bond donors (Lipinski definition) is 1.